The van der Waals surface area contributed by atoms with Crippen molar-refractivity contribution in [3.05, 3.63) is 35.0 Å². The van der Waals surface area contributed by atoms with Crippen molar-refractivity contribution in [1.82, 2.24) is 20.4 Å². The number of urea groups is 1. The molecule has 9 heteroatoms. The Kier molecular flexibility index (Phi) is 7.98. The molecule has 3 rings (SSSR count). The minimum atomic E-state index is -0.694. The van der Waals surface area contributed by atoms with Gasteiger partial charge in [0.15, 0.2) is 0 Å². The summed E-state index contributed by atoms with van der Waals surface area (Å²) in [6.45, 7) is 9.49. The van der Waals surface area contributed by atoms with Gasteiger partial charge in [0.2, 0.25) is 0 Å². The molecule has 0 saturated carbocycles. The molecule has 0 aromatic heterocycles. The largest absolute Gasteiger partial charge is 0.497 e. The molecule has 176 valence electrons. The van der Waals surface area contributed by atoms with Gasteiger partial charge in [0.1, 0.15) is 11.5 Å². The smallest absolute Gasteiger partial charge is 0.338 e. The van der Waals surface area contributed by atoms with Crippen LogP contribution in [0.25, 0.3) is 0 Å². The van der Waals surface area contributed by atoms with Gasteiger partial charge in [-0.25, -0.2) is 9.59 Å². The van der Waals surface area contributed by atoms with Gasteiger partial charge in [-0.15, -0.1) is 0 Å². The van der Waals surface area contributed by atoms with E-state index in [2.05, 4.69) is 22.5 Å². The lowest BCUT2D eigenvalue weighted by Gasteiger charge is -2.40. The molecule has 2 heterocycles. The molecule has 1 fully saturated rings. The van der Waals surface area contributed by atoms with Crippen molar-refractivity contribution in [1.29, 1.82) is 0 Å². The summed E-state index contributed by atoms with van der Waals surface area (Å²) in [6.07, 6.45) is 0. The highest BCUT2D eigenvalue weighted by atomic mass is 16.5. The van der Waals surface area contributed by atoms with E-state index in [1.54, 1.807) is 38.2 Å². The first kappa shape index (κ1) is 23.9. The number of amides is 2. The Hall–Kier alpha value is -2.78. The van der Waals surface area contributed by atoms with Crippen molar-refractivity contribution in [3.63, 3.8) is 0 Å². The van der Waals surface area contributed by atoms with Gasteiger partial charge in [0, 0.05) is 56.1 Å². The molecular weight excluding hydrogens is 412 g/mol. The minimum absolute atomic E-state index is 0.243. The number of hydrogen-bond donors (Lipinski definition) is 2. The monoisotopic (exact) mass is 446 g/mol. The molecule has 1 aromatic carbocycles. The van der Waals surface area contributed by atoms with Crippen molar-refractivity contribution >= 4 is 12.0 Å². The average molecular weight is 447 g/mol. The Morgan fingerprint density at radius 2 is 2.00 bits per heavy atom. The number of rotatable bonds is 8. The van der Waals surface area contributed by atoms with Gasteiger partial charge >= 0.3 is 12.0 Å². The Balaban J connectivity index is 2.12. The highest BCUT2D eigenvalue weighted by molar-refractivity contribution is 5.95. The average Bonchev–Trinajstić information content (AvgIpc) is 2.78. The molecular formula is C23H34N4O5. The number of nitrogens with one attached hydrogen (secondary N) is 2. The number of ether oxygens (including phenoxy) is 3. The zero-order valence-corrected chi connectivity index (χ0v) is 19.6. The van der Waals surface area contributed by atoms with Crippen molar-refractivity contribution < 1.29 is 23.8 Å². The Labute approximate surface area is 189 Å². The first-order chi connectivity index (χ1) is 15.4. The number of methoxy groups -OCH3 is 2. The van der Waals surface area contributed by atoms with Gasteiger partial charge in [0.25, 0.3) is 0 Å². The number of nitrogens with zero attached hydrogens (tertiary/aromatic N) is 2. The van der Waals surface area contributed by atoms with E-state index in [4.69, 9.17) is 14.2 Å². The minimum Gasteiger partial charge on any atom is -0.497 e. The molecule has 0 bridgehead atoms. The normalized spacial score (nSPS) is 21.9. The molecule has 0 unspecified atom stereocenters. The second-order valence-electron chi connectivity index (χ2n) is 7.91. The number of hydrogen-bond acceptors (Lipinski definition) is 7. The molecule has 0 radical (unpaired) electrons. The van der Waals surface area contributed by atoms with Crippen LogP contribution in [-0.4, -0.2) is 81.4 Å². The molecule has 2 N–H and O–H groups in total. The zero-order valence-electron chi connectivity index (χ0n) is 19.6. The van der Waals surface area contributed by atoms with Crippen molar-refractivity contribution in [2.24, 2.45) is 0 Å². The third-order valence-corrected chi connectivity index (χ3v) is 5.83. The standard InChI is InChI=1S/C23H34N4O5/c1-6-27-18(14-26-11-10-24-15(3)13-26)20(22(28)32-7-2)21(25-23(27)29)17-9-8-16(30-4)12-19(17)31-5/h8-9,12,15,21,24H,6-7,10-11,13-14H2,1-5H3,(H,25,29)/t15-,21+/m0/s1. The first-order valence-electron chi connectivity index (χ1n) is 11.1. The molecule has 2 amide bonds. The van der Waals surface area contributed by atoms with Crippen LogP contribution in [0.1, 0.15) is 32.4 Å². The maximum Gasteiger partial charge on any atom is 0.338 e. The van der Waals surface area contributed by atoms with Gasteiger partial charge in [-0.3, -0.25) is 9.80 Å². The van der Waals surface area contributed by atoms with Crippen molar-refractivity contribution in [2.45, 2.75) is 32.9 Å². The molecule has 9 nitrogen and oxygen atoms in total. The zero-order chi connectivity index (χ0) is 23.3. The van der Waals surface area contributed by atoms with Crippen LogP contribution in [0.2, 0.25) is 0 Å². The van der Waals surface area contributed by atoms with Crippen LogP contribution in [0.3, 0.4) is 0 Å². The SMILES string of the molecule is CCOC(=O)C1=C(CN2CCN[C@@H](C)C2)N(CC)C(=O)N[C@@H]1c1ccc(OC)cc1OC. The molecule has 1 saturated heterocycles. The number of esters is 1. The highest BCUT2D eigenvalue weighted by Crippen LogP contribution is 2.38. The van der Waals surface area contributed by atoms with Crippen LogP contribution < -0.4 is 20.1 Å². The molecule has 2 atom stereocenters. The fourth-order valence-corrected chi connectivity index (χ4v) is 4.32. The topological polar surface area (TPSA) is 92.4 Å². The van der Waals surface area contributed by atoms with E-state index in [1.165, 1.54) is 0 Å². The molecule has 0 aliphatic carbocycles. The van der Waals surface area contributed by atoms with E-state index in [-0.39, 0.29) is 12.6 Å². The summed E-state index contributed by atoms with van der Waals surface area (Å²) in [5.41, 5.74) is 1.78. The number of piperazine rings is 1. The van der Waals surface area contributed by atoms with Gasteiger partial charge in [-0.05, 0) is 32.9 Å². The Morgan fingerprint density at radius 3 is 2.62 bits per heavy atom. The third-order valence-electron chi connectivity index (χ3n) is 5.83. The lowest BCUT2D eigenvalue weighted by atomic mass is 9.93. The summed E-state index contributed by atoms with van der Waals surface area (Å²) in [7, 11) is 3.13. The second kappa shape index (κ2) is 10.7. The molecule has 32 heavy (non-hydrogen) atoms. The van der Waals surface area contributed by atoms with Crippen LogP contribution >= 0.6 is 0 Å². The summed E-state index contributed by atoms with van der Waals surface area (Å²) in [5, 5.41) is 6.42. The summed E-state index contributed by atoms with van der Waals surface area (Å²) >= 11 is 0. The number of carbonyl (C=O) groups is 2. The predicted octanol–water partition coefficient (Wildman–Crippen LogP) is 1.90. The first-order valence-corrected chi connectivity index (χ1v) is 11.1. The summed E-state index contributed by atoms with van der Waals surface area (Å²) in [5.74, 6) is 0.711. The maximum absolute atomic E-state index is 13.2. The quantitative estimate of drug-likeness (QED) is 0.589. The van der Waals surface area contributed by atoms with Gasteiger partial charge in [0.05, 0.1) is 32.4 Å². The second-order valence-corrected chi connectivity index (χ2v) is 7.91. The van der Waals surface area contributed by atoms with E-state index in [0.29, 0.717) is 47.5 Å². The molecule has 2 aliphatic rings. The van der Waals surface area contributed by atoms with Gasteiger partial charge < -0.3 is 24.8 Å². The number of likely N-dealkylation sites (N-methyl/N-ethyl adjacent to an activating group) is 1. The fraction of sp³-hybridized carbons (Fsp3) is 0.565. The van der Waals surface area contributed by atoms with Crippen LogP contribution in [0.5, 0.6) is 11.5 Å². The van der Waals surface area contributed by atoms with Crippen LogP contribution in [-0.2, 0) is 9.53 Å². The van der Waals surface area contributed by atoms with Gasteiger partial charge in [-0.2, -0.15) is 0 Å². The van der Waals surface area contributed by atoms with E-state index in [9.17, 15) is 9.59 Å². The van der Waals surface area contributed by atoms with Crippen LogP contribution in [0.4, 0.5) is 4.79 Å². The molecule has 2 aliphatic heterocycles. The Morgan fingerprint density at radius 1 is 1.22 bits per heavy atom. The van der Waals surface area contributed by atoms with Crippen molar-refractivity contribution in [2.75, 3.05) is 53.6 Å². The number of benzene rings is 1. The molecule has 0 spiro atoms. The van der Waals surface area contributed by atoms with E-state index >= 15 is 0 Å². The number of carbonyl (C=O) groups excluding carboxylic acids is 2. The van der Waals surface area contributed by atoms with Crippen LogP contribution in [0.15, 0.2) is 29.5 Å². The summed E-state index contributed by atoms with van der Waals surface area (Å²) < 4.78 is 16.3. The van der Waals surface area contributed by atoms with E-state index in [0.717, 1.165) is 19.6 Å². The lowest BCUT2D eigenvalue weighted by molar-refractivity contribution is -0.139. The Bertz CT molecular complexity index is 872. The van der Waals surface area contributed by atoms with Crippen molar-refractivity contribution in [3.8, 4) is 11.5 Å². The van der Waals surface area contributed by atoms with E-state index < -0.39 is 12.0 Å². The maximum atomic E-state index is 13.2. The summed E-state index contributed by atoms with van der Waals surface area (Å²) in [6, 6.07) is 4.74. The predicted molar refractivity (Wildman–Crippen MR) is 121 cm³/mol. The van der Waals surface area contributed by atoms with E-state index in [1.807, 2.05) is 13.0 Å². The van der Waals surface area contributed by atoms with Gasteiger partial charge in [-0.1, -0.05) is 0 Å². The van der Waals surface area contributed by atoms with Crippen LogP contribution in [0, 0.1) is 0 Å². The highest BCUT2D eigenvalue weighted by Gasteiger charge is 2.39. The fourth-order valence-electron chi connectivity index (χ4n) is 4.32. The summed E-state index contributed by atoms with van der Waals surface area (Å²) in [4.78, 5) is 30.2. The molecule has 1 aromatic rings. The third kappa shape index (κ3) is 4.99. The lowest BCUT2D eigenvalue weighted by Crippen LogP contribution is -2.54.